The Balaban J connectivity index is 0. The SMILES string of the molecule is CC[C]1CCCCCCC1=CC=CC(=O)O.[CH2].[CH2]. The minimum atomic E-state index is -0.874. The van der Waals surface area contributed by atoms with E-state index in [1.165, 1.54) is 49.7 Å². The number of allylic oxidation sites excluding steroid dienone is 3. The van der Waals surface area contributed by atoms with Crippen molar-refractivity contribution >= 4 is 5.97 Å². The van der Waals surface area contributed by atoms with Gasteiger partial charge in [0, 0.05) is 12.0 Å². The number of carboxylic acids is 1. The fourth-order valence-electron chi connectivity index (χ4n) is 2.20. The van der Waals surface area contributed by atoms with Gasteiger partial charge in [-0.15, -0.1) is 0 Å². The Morgan fingerprint density at radius 2 is 1.78 bits per heavy atom. The van der Waals surface area contributed by atoms with Crippen molar-refractivity contribution in [1.82, 2.24) is 0 Å². The molecule has 0 unspecified atom stereocenters. The molecular formula is C16H25O2. The highest BCUT2D eigenvalue weighted by molar-refractivity contribution is 5.80. The Labute approximate surface area is 113 Å². The molecule has 0 atom stereocenters. The Morgan fingerprint density at radius 3 is 2.33 bits per heavy atom. The Bertz CT molecular complexity index is 277. The molecule has 0 aliphatic heterocycles. The van der Waals surface area contributed by atoms with Crippen LogP contribution in [0.5, 0.6) is 0 Å². The van der Waals surface area contributed by atoms with Crippen molar-refractivity contribution in [3.05, 3.63) is 44.6 Å². The normalized spacial score (nSPS) is 19.7. The molecule has 1 aliphatic carbocycles. The van der Waals surface area contributed by atoms with Crippen molar-refractivity contribution in [3.8, 4) is 0 Å². The van der Waals surface area contributed by atoms with Gasteiger partial charge in [0.2, 0.25) is 0 Å². The molecule has 1 aliphatic rings. The number of hydrogen-bond donors (Lipinski definition) is 1. The lowest BCUT2D eigenvalue weighted by Crippen LogP contribution is -2.04. The lowest BCUT2D eigenvalue weighted by atomic mass is 9.84. The van der Waals surface area contributed by atoms with Crippen LogP contribution in [0.4, 0.5) is 0 Å². The van der Waals surface area contributed by atoms with Gasteiger partial charge in [-0.25, -0.2) is 4.79 Å². The van der Waals surface area contributed by atoms with Crippen LogP contribution >= 0.6 is 0 Å². The van der Waals surface area contributed by atoms with E-state index in [1.807, 2.05) is 6.08 Å². The number of aliphatic carboxylic acids is 1. The van der Waals surface area contributed by atoms with E-state index in [-0.39, 0.29) is 14.9 Å². The minimum Gasteiger partial charge on any atom is -0.478 e. The average molecular weight is 249 g/mol. The maximum Gasteiger partial charge on any atom is 0.328 e. The summed E-state index contributed by atoms with van der Waals surface area (Å²) < 4.78 is 0. The van der Waals surface area contributed by atoms with Gasteiger partial charge in [-0.2, -0.15) is 0 Å². The molecule has 18 heavy (non-hydrogen) atoms. The highest BCUT2D eigenvalue weighted by Gasteiger charge is 2.14. The maximum atomic E-state index is 10.4. The van der Waals surface area contributed by atoms with E-state index in [0.717, 1.165) is 12.8 Å². The van der Waals surface area contributed by atoms with Crippen molar-refractivity contribution in [2.75, 3.05) is 0 Å². The fraction of sp³-hybridized carbons (Fsp3) is 0.500. The van der Waals surface area contributed by atoms with Gasteiger partial charge in [0.1, 0.15) is 0 Å². The average Bonchev–Trinajstić information content (AvgIpc) is 2.21. The zero-order valence-electron chi connectivity index (χ0n) is 11.5. The van der Waals surface area contributed by atoms with Gasteiger partial charge in [0.25, 0.3) is 0 Å². The van der Waals surface area contributed by atoms with E-state index in [1.54, 1.807) is 6.08 Å². The van der Waals surface area contributed by atoms with Gasteiger partial charge in [-0.3, -0.25) is 0 Å². The highest BCUT2D eigenvalue weighted by Crippen LogP contribution is 2.31. The first-order valence-electron chi connectivity index (χ1n) is 6.19. The standard InChI is InChI=1S/C14H21O2.2CH2/c1-2-12-8-5-3-4-6-9-13(12)10-7-11-14(15)16;;/h7,10-11H,2-6,8-9H2,1H3,(H,15,16);2*1H2. The third-order valence-corrected chi connectivity index (χ3v) is 3.09. The summed E-state index contributed by atoms with van der Waals surface area (Å²) in [5, 5.41) is 8.54. The fourth-order valence-corrected chi connectivity index (χ4v) is 2.20. The first-order chi connectivity index (χ1) is 7.74. The van der Waals surface area contributed by atoms with Crippen molar-refractivity contribution < 1.29 is 9.90 Å². The largest absolute Gasteiger partial charge is 0.478 e. The predicted octanol–water partition coefficient (Wildman–Crippen LogP) is 4.55. The van der Waals surface area contributed by atoms with Gasteiger partial charge >= 0.3 is 5.97 Å². The van der Waals surface area contributed by atoms with Crippen LogP contribution in [0.1, 0.15) is 51.9 Å². The van der Waals surface area contributed by atoms with Crippen molar-refractivity contribution in [2.45, 2.75) is 51.9 Å². The Hall–Kier alpha value is -1.05. The Kier molecular flexibility index (Phi) is 11.9. The zero-order chi connectivity index (χ0) is 11.8. The monoisotopic (exact) mass is 249 g/mol. The summed E-state index contributed by atoms with van der Waals surface area (Å²) in [4.78, 5) is 10.4. The van der Waals surface area contributed by atoms with Crippen LogP contribution in [-0.2, 0) is 4.79 Å². The summed E-state index contributed by atoms with van der Waals surface area (Å²) in [5.74, 6) is 0.635. The van der Waals surface area contributed by atoms with E-state index < -0.39 is 5.97 Å². The van der Waals surface area contributed by atoms with E-state index >= 15 is 0 Å². The molecular weight excluding hydrogens is 224 g/mol. The van der Waals surface area contributed by atoms with Gasteiger partial charge < -0.3 is 5.11 Å². The van der Waals surface area contributed by atoms with Gasteiger partial charge in [-0.1, -0.05) is 58.8 Å². The molecule has 2 nitrogen and oxygen atoms in total. The van der Waals surface area contributed by atoms with Crippen LogP contribution in [0.3, 0.4) is 0 Å². The maximum absolute atomic E-state index is 10.4. The summed E-state index contributed by atoms with van der Waals surface area (Å²) in [5.41, 5.74) is 1.36. The molecule has 5 radical (unpaired) electrons. The van der Waals surface area contributed by atoms with Crippen molar-refractivity contribution in [1.29, 1.82) is 0 Å². The first kappa shape index (κ1) is 19.3. The molecule has 0 heterocycles. The second-order valence-corrected chi connectivity index (χ2v) is 4.26. The minimum absolute atomic E-state index is 0. The predicted molar refractivity (Wildman–Crippen MR) is 76.8 cm³/mol. The molecule has 1 fully saturated rings. The van der Waals surface area contributed by atoms with E-state index in [0.29, 0.717) is 0 Å². The van der Waals surface area contributed by atoms with Crippen molar-refractivity contribution in [2.24, 2.45) is 0 Å². The molecule has 0 saturated heterocycles. The molecule has 0 bridgehead atoms. The number of hydrogen-bond acceptors (Lipinski definition) is 1. The third kappa shape index (κ3) is 7.31. The van der Waals surface area contributed by atoms with E-state index in [9.17, 15) is 4.79 Å². The zero-order valence-corrected chi connectivity index (χ0v) is 11.5. The van der Waals surface area contributed by atoms with Gasteiger partial charge in [0.15, 0.2) is 0 Å². The smallest absolute Gasteiger partial charge is 0.328 e. The number of rotatable bonds is 3. The van der Waals surface area contributed by atoms with Crippen molar-refractivity contribution in [3.63, 3.8) is 0 Å². The molecule has 1 N–H and O–H groups in total. The van der Waals surface area contributed by atoms with E-state index in [4.69, 9.17) is 5.11 Å². The summed E-state index contributed by atoms with van der Waals surface area (Å²) in [6.07, 6.45) is 13.4. The molecule has 1 rings (SSSR count). The molecule has 0 aromatic heterocycles. The van der Waals surface area contributed by atoms with Crippen LogP contribution in [0.2, 0.25) is 0 Å². The van der Waals surface area contributed by atoms with E-state index in [2.05, 4.69) is 6.92 Å². The molecule has 0 aromatic rings. The topological polar surface area (TPSA) is 37.3 Å². The van der Waals surface area contributed by atoms with Crippen LogP contribution in [0.15, 0.2) is 23.8 Å². The van der Waals surface area contributed by atoms with Gasteiger partial charge in [-0.05, 0) is 25.7 Å². The molecule has 1 saturated carbocycles. The second-order valence-electron chi connectivity index (χ2n) is 4.26. The summed E-state index contributed by atoms with van der Waals surface area (Å²) in [6, 6.07) is 0. The summed E-state index contributed by atoms with van der Waals surface area (Å²) in [6.45, 7) is 2.19. The van der Waals surface area contributed by atoms with Gasteiger partial charge in [0.05, 0.1) is 0 Å². The van der Waals surface area contributed by atoms with Crippen LogP contribution in [0, 0.1) is 20.8 Å². The summed E-state index contributed by atoms with van der Waals surface area (Å²) in [7, 11) is 0. The second kappa shape index (κ2) is 11.1. The molecule has 2 heteroatoms. The number of carbonyl (C=O) groups is 1. The molecule has 0 aromatic carbocycles. The van der Waals surface area contributed by atoms with Crippen LogP contribution in [0.25, 0.3) is 0 Å². The Morgan fingerprint density at radius 1 is 1.17 bits per heavy atom. The molecule has 101 valence electrons. The number of carboxylic acid groups (broad SMARTS) is 1. The molecule has 0 spiro atoms. The summed E-state index contributed by atoms with van der Waals surface area (Å²) >= 11 is 0. The van der Waals surface area contributed by atoms with Crippen LogP contribution in [-0.4, -0.2) is 11.1 Å². The quantitative estimate of drug-likeness (QED) is 0.745. The lowest BCUT2D eigenvalue weighted by molar-refractivity contribution is -0.131. The first-order valence-corrected chi connectivity index (χ1v) is 6.19. The third-order valence-electron chi connectivity index (χ3n) is 3.09. The van der Waals surface area contributed by atoms with Crippen LogP contribution < -0.4 is 0 Å². The molecule has 0 amide bonds. The highest BCUT2D eigenvalue weighted by atomic mass is 16.4. The lowest BCUT2D eigenvalue weighted by Gasteiger charge is -2.21.